The Balaban J connectivity index is 4.63. The van der Waals surface area contributed by atoms with Gasteiger partial charge in [0.2, 0.25) is 12.0 Å². The molecule has 0 aliphatic rings. The molecule has 12 heteroatoms. The number of carbonyl (C=O) groups excluding carboxylic acids is 3. The number of esters is 1. The minimum Gasteiger partial charge on any atom is -0.463 e. The number of ether oxygens (including phenoxy) is 2. The van der Waals surface area contributed by atoms with E-state index in [-0.39, 0.29) is 57.6 Å². The van der Waals surface area contributed by atoms with Gasteiger partial charge in [0.1, 0.15) is 6.10 Å². The molecule has 0 rings (SSSR count). The van der Waals surface area contributed by atoms with E-state index in [9.17, 15) is 18.9 Å². The van der Waals surface area contributed by atoms with Crippen molar-refractivity contribution in [3.05, 3.63) is 12.7 Å². The Bertz CT molecular complexity index is 608. The first-order chi connectivity index (χ1) is 13.7. The highest BCUT2D eigenvalue weighted by molar-refractivity contribution is 7.48. The van der Waals surface area contributed by atoms with Crippen LogP contribution in [0.25, 0.3) is 0 Å². The molecule has 1 amide bonds. The third kappa shape index (κ3) is 15.7. The summed E-state index contributed by atoms with van der Waals surface area (Å²) in [5.41, 5.74) is 0. The molecule has 0 aromatic heterocycles. The second-order valence-corrected chi connectivity index (χ2v) is 7.48. The van der Waals surface area contributed by atoms with Gasteiger partial charge < -0.3 is 14.8 Å². The fourth-order valence-electron chi connectivity index (χ4n) is 1.92. The van der Waals surface area contributed by atoms with Crippen molar-refractivity contribution in [2.75, 3.05) is 39.6 Å². The molecule has 0 bridgehead atoms. The van der Waals surface area contributed by atoms with Crippen LogP contribution in [0.3, 0.4) is 0 Å². The van der Waals surface area contributed by atoms with Crippen molar-refractivity contribution in [1.82, 2.24) is 5.32 Å². The van der Waals surface area contributed by atoms with E-state index in [1.807, 2.05) is 0 Å². The largest absolute Gasteiger partial charge is 0.475 e. The van der Waals surface area contributed by atoms with Crippen molar-refractivity contribution in [3.63, 3.8) is 0 Å². The van der Waals surface area contributed by atoms with E-state index in [1.165, 1.54) is 26.0 Å². The highest BCUT2D eigenvalue weighted by Crippen LogP contribution is 2.49. The van der Waals surface area contributed by atoms with Gasteiger partial charge in [0.05, 0.1) is 45.6 Å². The van der Waals surface area contributed by atoms with Gasteiger partial charge in [-0.05, 0) is 6.92 Å². The molecule has 1 N–H and O–H groups in total. The minimum absolute atomic E-state index is 0.0588. The molecule has 0 aliphatic carbocycles. The van der Waals surface area contributed by atoms with E-state index >= 15 is 0 Å². The van der Waals surface area contributed by atoms with Gasteiger partial charge in [-0.3, -0.25) is 23.2 Å². The number of carbonyl (C=O) groups is 2. The fraction of sp³-hybridized carbons (Fsp3) is 0.706. The number of nitrogens with zero attached hydrogens (tertiary/aromatic N) is 1. The summed E-state index contributed by atoms with van der Waals surface area (Å²) in [5.74, 6) is -0.713. The number of hydrogen-bond donors (Lipinski definition) is 1. The summed E-state index contributed by atoms with van der Waals surface area (Å²) in [5, 5.41) is 2.61. The summed E-state index contributed by atoms with van der Waals surface area (Å²) in [6, 6.07) is -0.631. The molecular weight excluding hydrogens is 407 g/mol. The number of amides is 1. The highest BCUT2D eigenvalue weighted by Gasteiger charge is 2.28. The second kappa shape index (κ2) is 16.0. The molecule has 0 aliphatic heterocycles. The molecular formula is C17H29N2O9P. The molecule has 0 saturated carbocycles. The molecule has 0 heterocycles. The van der Waals surface area contributed by atoms with Crippen LogP contribution < -0.4 is 5.32 Å². The summed E-state index contributed by atoms with van der Waals surface area (Å²) in [7, 11) is -3.97. The SMILES string of the molecule is C=CCOP(=O)(OCCN=C=O)OC[C@@H](COCC[C@@H](C)OC(C)=O)NC(C)=O. The molecule has 0 radical (unpaired) electrons. The summed E-state index contributed by atoms with van der Waals surface area (Å²) in [4.78, 5) is 35.6. The molecule has 29 heavy (non-hydrogen) atoms. The Morgan fingerprint density at radius 1 is 1.21 bits per heavy atom. The lowest BCUT2D eigenvalue weighted by atomic mass is 10.3. The number of nitrogens with one attached hydrogen (secondary N) is 1. The first kappa shape index (κ1) is 27.1. The first-order valence-corrected chi connectivity index (χ1v) is 10.4. The van der Waals surface area contributed by atoms with Gasteiger partial charge in [-0.2, -0.15) is 0 Å². The smallest absolute Gasteiger partial charge is 0.463 e. The molecule has 0 aromatic carbocycles. The summed E-state index contributed by atoms with van der Waals surface area (Å²) in [6.45, 7) is 7.60. The van der Waals surface area contributed by atoms with Gasteiger partial charge in [-0.1, -0.05) is 6.08 Å². The van der Waals surface area contributed by atoms with E-state index in [0.717, 1.165) is 0 Å². The van der Waals surface area contributed by atoms with Crippen LogP contribution in [0.2, 0.25) is 0 Å². The number of aliphatic imine (C=N–C) groups is 1. The monoisotopic (exact) mass is 436 g/mol. The molecule has 0 aromatic rings. The zero-order valence-corrected chi connectivity index (χ0v) is 17.9. The minimum atomic E-state index is -3.97. The van der Waals surface area contributed by atoms with Crippen molar-refractivity contribution in [2.45, 2.75) is 39.3 Å². The topological polar surface area (TPSA) is 139 Å². The van der Waals surface area contributed by atoms with Crippen molar-refractivity contribution in [2.24, 2.45) is 4.99 Å². The van der Waals surface area contributed by atoms with Crippen LogP contribution in [-0.2, 0) is 42.0 Å². The summed E-state index contributed by atoms with van der Waals surface area (Å²) < 4.78 is 38.4. The standard InChI is InChI=1S/C17H29N2O9P/c1-5-8-25-29(23,26-10-7-18-13-20)27-12-17(19-15(3)21)11-24-9-6-14(2)28-16(4)22/h5,14,17H,1,6-12H2,2-4H3,(H,19,21)/t14-,17-,29?/m1/s1. The van der Waals surface area contributed by atoms with Crippen LogP contribution in [0, 0.1) is 0 Å². The van der Waals surface area contributed by atoms with E-state index in [1.54, 1.807) is 6.92 Å². The fourth-order valence-corrected chi connectivity index (χ4v) is 3.10. The summed E-state index contributed by atoms with van der Waals surface area (Å²) in [6.07, 6.45) is 2.85. The second-order valence-electron chi connectivity index (χ2n) is 5.81. The van der Waals surface area contributed by atoms with Gasteiger partial charge in [0.15, 0.2) is 0 Å². The average Bonchev–Trinajstić information content (AvgIpc) is 2.64. The van der Waals surface area contributed by atoms with Gasteiger partial charge in [-0.15, -0.1) is 6.58 Å². The highest BCUT2D eigenvalue weighted by atomic mass is 31.2. The van der Waals surface area contributed by atoms with Crippen molar-refractivity contribution < 1.29 is 42.0 Å². The number of hydrogen-bond acceptors (Lipinski definition) is 10. The lowest BCUT2D eigenvalue weighted by Gasteiger charge is -2.22. The molecule has 166 valence electrons. The third-order valence-electron chi connectivity index (χ3n) is 3.06. The van der Waals surface area contributed by atoms with Gasteiger partial charge in [0.25, 0.3) is 0 Å². The average molecular weight is 436 g/mol. The van der Waals surface area contributed by atoms with Crippen LogP contribution in [0.4, 0.5) is 0 Å². The van der Waals surface area contributed by atoms with Crippen LogP contribution in [0.5, 0.6) is 0 Å². The Hall–Kier alpha value is -1.87. The zero-order valence-electron chi connectivity index (χ0n) is 17.0. The maximum atomic E-state index is 12.6. The number of rotatable bonds is 17. The van der Waals surface area contributed by atoms with Crippen molar-refractivity contribution in [3.8, 4) is 0 Å². The number of phosphoric ester groups is 1. The van der Waals surface area contributed by atoms with E-state index in [2.05, 4.69) is 16.9 Å². The Kier molecular flexibility index (Phi) is 15.0. The Morgan fingerprint density at radius 3 is 2.52 bits per heavy atom. The Labute approximate surface area is 170 Å². The number of isocyanates is 1. The lowest BCUT2D eigenvalue weighted by molar-refractivity contribution is -0.146. The van der Waals surface area contributed by atoms with Crippen molar-refractivity contribution in [1.29, 1.82) is 0 Å². The van der Waals surface area contributed by atoms with Crippen molar-refractivity contribution >= 4 is 25.8 Å². The maximum Gasteiger partial charge on any atom is 0.475 e. The maximum absolute atomic E-state index is 12.6. The zero-order chi connectivity index (χ0) is 22.1. The predicted octanol–water partition coefficient (Wildman–Crippen LogP) is 1.53. The van der Waals surface area contributed by atoms with E-state index in [0.29, 0.717) is 6.42 Å². The molecule has 0 spiro atoms. The molecule has 0 saturated heterocycles. The molecule has 11 nitrogen and oxygen atoms in total. The van der Waals surface area contributed by atoms with E-state index < -0.39 is 13.9 Å². The van der Waals surface area contributed by atoms with Gasteiger partial charge >= 0.3 is 13.8 Å². The van der Waals surface area contributed by atoms with Crippen LogP contribution >= 0.6 is 7.82 Å². The van der Waals surface area contributed by atoms with Gasteiger partial charge in [0, 0.05) is 20.3 Å². The summed E-state index contributed by atoms with van der Waals surface area (Å²) >= 11 is 0. The van der Waals surface area contributed by atoms with E-state index in [4.69, 9.17) is 23.0 Å². The molecule has 3 atom stereocenters. The van der Waals surface area contributed by atoms with Crippen LogP contribution in [0.1, 0.15) is 27.2 Å². The quantitative estimate of drug-likeness (QED) is 0.0898. The van der Waals surface area contributed by atoms with Gasteiger partial charge in [-0.25, -0.2) is 14.4 Å². The predicted molar refractivity (Wildman–Crippen MR) is 103 cm³/mol. The number of phosphoric acid groups is 1. The van der Waals surface area contributed by atoms with Crippen LogP contribution in [-0.4, -0.2) is 69.7 Å². The normalized spacial score (nSPS) is 14.7. The Morgan fingerprint density at radius 2 is 1.93 bits per heavy atom. The first-order valence-electron chi connectivity index (χ1n) is 8.92. The van der Waals surface area contributed by atoms with Crippen LogP contribution in [0.15, 0.2) is 17.6 Å². The molecule has 0 fully saturated rings. The lowest BCUT2D eigenvalue weighted by Crippen LogP contribution is -2.40. The third-order valence-corrected chi connectivity index (χ3v) is 4.49. The molecule has 1 unspecified atom stereocenters.